The summed E-state index contributed by atoms with van der Waals surface area (Å²) >= 11 is 6.08. The van der Waals surface area contributed by atoms with Crippen LogP contribution in [0.15, 0.2) is 0 Å². The molecule has 0 unspecified atom stereocenters. The number of halogens is 1. The number of imidazole rings is 1. The molecular formula is C13H22ClN3O. The molecule has 1 aromatic rings. The number of aromatic amines is 1. The van der Waals surface area contributed by atoms with Gasteiger partial charge in [0.05, 0.1) is 11.3 Å². The van der Waals surface area contributed by atoms with Crippen molar-refractivity contribution in [2.24, 2.45) is 0 Å². The van der Waals surface area contributed by atoms with Gasteiger partial charge in [0.2, 0.25) is 0 Å². The van der Waals surface area contributed by atoms with E-state index in [1.165, 1.54) is 0 Å². The van der Waals surface area contributed by atoms with Crippen LogP contribution in [0.2, 0.25) is 5.15 Å². The monoisotopic (exact) mass is 271 g/mol. The molecule has 0 spiro atoms. The van der Waals surface area contributed by atoms with Gasteiger partial charge in [-0.3, -0.25) is 0 Å². The first-order chi connectivity index (χ1) is 8.63. The van der Waals surface area contributed by atoms with Gasteiger partial charge in [-0.25, -0.2) is 4.98 Å². The molecule has 0 radical (unpaired) electrons. The largest absolute Gasteiger partial charge is 0.389 e. The molecule has 0 amide bonds. The number of hydrogen-bond acceptors (Lipinski definition) is 3. The highest BCUT2D eigenvalue weighted by atomic mass is 35.5. The van der Waals surface area contributed by atoms with Crippen molar-refractivity contribution in [2.75, 3.05) is 6.54 Å². The van der Waals surface area contributed by atoms with Crippen molar-refractivity contribution in [3.05, 3.63) is 16.7 Å². The lowest BCUT2D eigenvalue weighted by molar-refractivity contribution is -0.0315. The van der Waals surface area contributed by atoms with E-state index in [2.05, 4.69) is 22.2 Å². The van der Waals surface area contributed by atoms with E-state index < -0.39 is 5.60 Å². The number of aromatic nitrogens is 2. The molecule has 0 aliphatic heterocycles. The summed E-state index contributed by atoms with van der Waals surface area (Å²) in [6.07, 6.45) is 6.15. The van der Waals surface area contributed by atoms with Crippen molar-refractivity contribution in [3.8, 4) is 0 Å². The summed E-state index contributed by atoms with van der Waals surface area (Å²) in [5.74, 6) is 0.959. The first-order valence-corrected chi connectivity index (χ1v) is 7.17. The predicted octanol–water partition coefficient (Wildman–Crippen LogP) is 2.41. The third-order valence-corrected chi connectivity index (χ3v) is 3.90. The second-order valence-electron chi connectivity index (χ2n) is 5.24. The lowest BCUT2D eigenvalue weighted by atomic mass is 9.80. The molecule has 0 aromatic carbocycles. The fraction of sp³-hybridized carbons (Fsp3) is 0.769. The van der Waals surface area contributed by atoms with Crippen LogP contribution in [-0.4, -0.2) is 27.2 Å². The predicted molar refractivity (Wildman–Crippen MR) is 72.7 cm³/mol. The highest BCUT2D eigenvalue weighted by Gasteiger charge is 2.33. The van der Waals surface area contributed by atoms with E-state index in [0.29, 0.717) is 18.2 Å². The quantitative estimate of drug-likeness (QED) is 0.714. The molecule has 0 bridgehead atoms. The second-order valence-corrected chi connectivity index (χ2v) is 5.60. The van der Waals surface area contributed by atoms with Crippen molar-refractivity contribution in [1.29, 1.82) is 0 Å². The van der Waals surface area contributed by atoms with E-state index in [1.807, 2.05) is 0 Å². The third kappa shape index (κ3) is 3.46. The maximum Gasteiger partial charge on any atom is 0.151 e. The van der Waals surface area contributed by atoms with Gasteiger partial charge in [-0.1, -0.05) is 24.9 Å². The van der Waals surface area contributed by atoms with Gasteiger partial charge in [0.25, 0.3) is 0 Å². The average molecular weight is 272 g/mol. The highest BCUT2D eigenvalue weighted by molar-refractivity contribution is 6.30. The molecule has 0 saturated heterocycles. The Morgan fingerprint density at radius 3 is 2.89 bits per heavy atom. The molecule has 1 aromatic heterocycles. The van der Waals surface area contributed by atoms with Crippen molar-refractivity contribution >= 4 is 11.6 Å². The zero-order valence-electron chi connectivity index (χ0n) is 10.9. The summed E-state index contributed by atoms with van der Waals surface area (Å²) < 4.78 is 0. The number of rotatable bonds is 7. The minimum Gasteiger partial charge on any atom is -0.389 e. The first-order valence-electron chi connectivity index (χ1n) is 6.79. The van der Waals surface area contributed by atoms with Gasteiger partial charge >= 0.3 is 0 Å². The Balaban J connectivity index is 1.79. The van der Waals surface area contributed by atoms with Gasteiger partial charge < -0.3 is 15.4 Å². The second kappa shape index (κ2) is 6.04. The van der Waals surface area contributed by atoms with Gasteiger partial charge in [0, 0.05) is 19.5 Å². The van der Waals surface area contributed by atoms with Gasteiger partial charge in [0.15, 0.2) is 5.15 Å². The van der Waals surface area contributed by atoms with Crippen LogP contribution in [0.4, 0.5) is 0 Å². The van der Waals surface area contributed by atoms with Crippen LogP contribution in [0, 0.1) is 0 Å². The molecule has 4 nitrogen and oxygen atoms in total. The topological polar surface area (TPSA) is 60.9 Å². The molecule has 1 saturated carbocycles. The van der Waals surface area contributed by atoms with E-state index in [1.54, 1.807) is 0 Å². The van der Waals surface area contributed by atoms with Crippen LogP contribution >= 0.6 is 11.6 Å². The van der Waals surface area contributed by atoms with Crippen LogP contribution in [0.5, 0.6) is 0 Å². The lowest BCUT2D eigenvalue weighted by Crippen LogP contribution is -2.46. The fourth-order valence-electron chi connectivity index (χ4n) is 2.20. The van der Waals surface area contributed by atoms with Crippen LogP contribution in [0.1, 0.15) is 50.5 Å². The Morgan fingerprint density at radius 2 is 2.28 bits per heavy atom. The van der Waals surface area contributed by atoms with Gasteiger partial charge in [-0.05, 0) is 25.7 Å². The number of hydrogen-bond donors (Lipinski definition) is 3. The van der Waals surface area contributed by atoms with Gasteiger partial charge in [-0.15, -0.1) is 0 Å². The van der Waals surface area contributed by atoms with Crippen LogP contribution < -0.4 is 5.32 Å². The van der Waals surface area contributed by atoms with E-state index in [-0.39, 0.29) is 0 Å². The summed E-state index contributed by atoms with van der Waals surface area (Å²) in [7, 11) is 0. The van der Waals surface area contributed by atoms with Gasteiger partial charge in [-0.2, -0.15) is 0 Å². The van der Waals surface area contributed by atoms with Crippen molar-refractivity contribution in [1.82, 2.24) is 15.3 Å². The summed E-state index contributed by atoms with van der Waals surface area (Å²) in [5.41, 5.74) is 0.433. The summed E-state index contributed by atoms with van der Waals surface area (Å²) in [6.45, 7) is 3.43. The van der Waals surface area contributed by atoms with Crippen molar-refractivity contribution in [2.45, 2.75) is 57.6 Å². The first kappa shape index (κ1) is 13.8. The molecule has 1 fully saturated rings. The Bertz CT molecular complexity index is 388. The zero-order chi connectivity index (χ0) is 13.0. The SMILES string of the molecule is CCCCc1nc(Cl)c(CNCC2(O)CCC2)[nH]1. The van der Waals surface area contributed by atoms with E-state index in [0.717, 1.165) is 50.0 Å². The molecule has 102 valence electrons. The number of aliphatic hydroxyl groups is 1. The van der Waals surface area contributed by atoms with E-state index >= 15 is 0 Å². The number of H-pyrrole nitrogens is 1. The maximum absolute atomic E-state index is 9.96. The molecule has 3 N–H and O–H groups in total. The van der Waals surface area contributed by atoms with E-state index in [9.17, 15) is 5.11 Å². The van der Waals surface area contributed by atoms with Crippen LogP contribution in [0.3, 0.4) is 0 Å². The lowest BCUT2D eigenvalue weighted by Gasteiger charge is -2.36. The smallest absolute Gasteiger partial charge is 0.151 e. The Labute approximate surface area is 113 Å². The molecule has 1 aliphatic rings. The van der Waals surface area contributed by atoms with Crippen LogP contribution in [-0.2, 0) is 13.0 Å². The average Bonchev–Trinajstić information content (AvgIpc) is 2.65. The minimum atomic E-state index is -0.489. The minimum absolute atomic E-state index is 0.489. The number of unbranched alkanes of at least 4 members (excludes halogenated alkanes) is 1. The summed E-state index contributed by atoms with van der Waals surface area (Å²) in [6, 6.07) is 0. The Hall–Kier alpha value is -0.580. The molecule has 5 heteroatoms. The molecule has 1 aliphatic carbocycles. The standard InChI is InChI=1S/C13H22ClN3O/c1-2-3-5-11-16-10(12(14)17-11)8-15-9-13(18)6-4-7-13/h15,18H,2-9H2,1H3,(H,16,17). The zero-order valence-corrected chi connectivity index (χ0v) is 11.7. The molecule has 0 atom stereocenters. The third-order valence-electron chi connectivity index (χ3n) is 3.58. The normalized spacial score (nSPS) is 17.7. The Morgan fingerprint density at radius 1 is 1.50 bits per heavy atom. The summed E-state index contributed by atoms with van der Waals surface area (Å²) in [5, 5.41) is 13.8. The van der Waals surface area contributed by atoms with Crippen molar-refractivity contribution in [3.63, 3.8) is 0 Å². The maximum atomic E-state index is 9.96. The van der Waals surface area contributed by atoms with E-state index in [4.69, 9.17) is 11.6 Å². The molecular weight excluding hydrogens is 250 g/mol. The number of aryl methyl sites for hydroxylation is 1. The molecule has 1 heterocycles. The number of nitrogens with one attached hydrogen (secondary N) is 2. The molecule has 18 heavy (non-hydrogen) atoms. The van der Waals surface area contributed by atoms with Crippen molar-refractivity contribution < 1.29 is 5.11 Å². The van der Waals surface area contributed by atoms with Crippen LogP contribution in [0.25, 0.3) is 0 Å². The number of nitrogens with zero attached hydrogens (tertiary/aromatic N) is 1. The van der Waals surface area contributed by atoms with Gasteiger partial charge in [0.1, 0.15) is 5.82 Å². The fourth-order valence-corrected chi connectivity index (χ4v) is 2.42. The molecule has 2 rings (SSSR count). The Kier molecular flexibility index (Phi) is 4.65. The highest BCUT2D eigenvalue weighted by Crippen LogP contribution is 2.30. The summed E-state index contributed by atoms with van der Waals surface area (Å²) in [4.78, 5) is 7.56.